The number of methoxy groups -OCH3 is 1. The lowest BCUT2D eigenvalue weighted by Crippen LogP contribution is -2.29. The molecule has 0 aliphatic carbocycles. The summed E-state index contributed by atoms with van der Waals surface area (Å²) >= 11 is 0. The van der Waals surface area contributed by atoms with Gasteiger partial charge in [-0.1, -0.05) is 13.0 Å². The Bertz CT molecular complexity index is 418. The van der Waals surface area contributed by atoms with Crippen molar-refractivity contribution in [2.24, 2.45) is 0 Å². The van der Waals surface area contributed by atoms with Crippen LogP contribution in [0.25, 0.3) is 0 Å². The van der Waals surface area contributed by atoms with Gasteiger partial charge in [-0.15, -0.1) is 0 Å². The van der Waals surface area contributed by atoms with E-state index in [0.29, 0.717) is 6.42 Å². The zero-order valence-corrected chi connectivity index (χ0v) is 10.0. The number of carbonyl (C=O) groups is 1. The van der Waals surface area contributed by atoms with E-state index in [1.165, 1.54) is 19.2 Å². The van der Waals surface area contributed by atoms with Crippen LogP contribution in [0.1, 0.15) is 18.9 Å². The summed E-state index contributed by atoms with van der Waals surface area (Å²) < 4.78 is 42.0. The minimum atomic E-state index is -4.40. The maximum absolute atomic E-state index is 12.5. The normalized spacial score (nSPS) is 12.9. The topological polar surface area (TPSA) is 38.3 Å². The number of carbonyl (C=O) groups excluding carboxylic acids is 1. The monoisotopic (exact) mass is 261 g/mol. The van der Waals surface area contributed by atoms with Gasteiger partial charge >= 0.3 is 12.1 Å². The molecule has 0 spiro atoms. The molecule has 1 N–H and O–H groups in total. The fourth-order valence-corrected chi connectivity index (χ4v) is 1.46. The van der Waals surface area contributed by atoms with Gasteiger partial charge in [0.05, 0.1) is 12.7 Å². The minimum absolute atomic E-state index is 0.238. The summed E-state index contributed by atoms with van der Waals surface area (Å²) in [5, 5.41) is 2.72. The molecule has 1 rings (SSSR count). The van der Waals surface area contributed by atoms with E-state index < -0.39 is 23.8 Å². The molecular formula is C12H14F3NO2. The van der Waals surface area contributed by atoms with Gasteiger partial charge in [-0.05, 0) is 24.6 Å². The first-order valence-corrected chi connectivity index (χ1v) is 5.40. The molecular weight excluding hydrogens is 247 g/mol. The highest BCUT2D eigenvalue weighted by Gasteiger charge is 2.30. The highest BCUT2D eigenvalue weighted by Crippen LogP contribution is 2.30. The molecule has 1 atom stereocenters. The van der Waals surface area contributed by atoms with E-state index in [4.69, 9.17) is 0 Å². The number of hydrogen-bond donors (Lipinski definition) is 1. The van der Waals surface area contributed by atoms with Crippen molar-refractivity contribution < 1.29 is 22.7 Å². The van der Waals surface area contributed by atoms with Crippen molar-refractivity contribution in [2.75, 3.05) is 12.4 Å². The first-order chi connectivity index (χ1) is 8.38. The van der Waals surface area contributed by atoms with Gasteiger partial charge in [0, 0.05) is 5.69 Å². The van der Waals surface area contributed by atoms with Gasteiger partial charge in [0.1, 0.15) is 6.04 Å². The number of rotatable bonds is 4. The minimum Gasteiger partial charge on any atom is -0.467 e. The van der Waals surface area contributed by atoms with Crippen molar-refractivity contribution >= 4 is 11.7 Å². The van der Waals surface area contributed by atoms with E-state index in [1.807, 2.05) is 0 Å². The van der Waals surface area contributed by atoms with Crippen molar-refractivity contribution in [3.8, 4) is 0 Å². The van der Waals surface area contributed by atoms with Crippen LogP contribution >= 0.6 is 0 Å². The van der Waals surface area contributed by atoms with Crippen LogP contribution in [0, 0.1) is 0 Å². The molecule has 100 valence electrons. The standard InChI is InChI=1S/C12H14F3NO2/c1-3-10(11(17)18-2)16-9-6-4-5-8(7-9)12(13,14)15/h4-7,10,16H,3H2,1-2H3. The third-order valence-electron chi connectivity index (χ3n) is 2.42. The van der Waals surface area contributed by atoms with Crippen LogP contribution in [0.5, 0.6) is 0 Å². The molecule has 0 aliphatic rings. The molecule has 0 bridgehead atoms. The first-order valence-electron chi connectivity index (χ1n) is 5.40. The van der Waals surface area contributed by atoms with Gasteiger partial charge in [0.15, 0.2) is 0 Å². The molecule has 6 heteroatoms. The third-order valence-corrected chi connectivity index (χ3v) is 2.42. The summed E-state index contributed by atoms with van der Waals surface area (Å²) in [5.41, 5.74) is -0.519. The van der Waals surface area contributed by atoms with Crippen LogP contribution in [-0.4, -0.2) is 19.1 Å². The van der Waals surface area contributed by atoms with Crippen LogP contribution in [-0.2, 0) is 15.7 Å². The Kier molecular flexibility index (Phi) is 4.58. The lowest BCUT2D eigenvalue weighted by Gasteiger charge is -2.16. The van der Waals surface area contributed by atoms with Gasteiger partial charge in [-0.2, -0.15) is 13.2 Å². The number of alkyl halides is 3. The van der Waals surface area contributed by atoms with Crippen molar-refractivity contribution in [2.45, 2.75) is 25.6 Å². The van der Waals surface area contributed by atoms with E-state index in [1.54, 1.807) is 6.92 Å². The van der Waals surface area contributed by atoms with Gasteiger partial charge in [-0.3, -0.25) is 0 Å². The molecule has 0 amide bonds. The van der Waals surface area contributed by atoms with Gasteiger partial charge in [0.2, 0.25) is 0 Å². The third kappa shape index (κ3) is 3.65. The second-order valence-corrected chi connectivity index (χ2v) is 3.71. The van der Waals surface area contributed by atoms with E-state index in [9.17, 15) is 18.0 Å². The van der Waals surface area contributed by atoms with Crippen LogP contribution in [0.3, 0.4) is 0 Å². The molecule has 3 nitrogen and oxygen atoms in total. The Morgan fingerprint density at radius 3 is 2.61 bits per heavy atom. The summed E-state index contributed by atoms with van der Waals surface area (Å²) in [6, 6.07) is 4.05. The lowest BCUT2D eigenvalue weighted by molar-refractivity contribution is -0.141. The predicted octanol–water partition coefficient (Wildman–Crippen LogP) is 3.07. The molecule has 1 aromatic carbocycles. The summed E-state index contributed by atoms with van der Waals surface area (Å²) in [6.45, 7) is 1.74. The Hall–Kier alpha value is -1.72. The molecule has 0 fully saturated rings. The lowest BCUT2D eigenvalue weighted by atomic mass is 10.1. The summed E-state index contributed by atoms with van der Waals surface area (Å²) in [4.78, 5) is 11.3. The number of esters is 1. The number of halogens is 3. The molecule has 0 heterocycles. The SMILES string of the molecule is CCC(Nc1cccc(C(F)(F)F)c1)C(=O)OC. The van der Waals surface area contributed by atoms with Crippen LogP contribution in [0.15, 0.2) is 24.3 Å². The second-order valence-electron chi connectivity index (χ2n) is 3.71. The fourth-order valence-electron chi connectivity index (χ4n) is 1.46. The Morgan fingerprint density at radius 2 is 2.11 bits per heavy atom. The van der Waals surface area contributed by atoms with E-state index in [-0.39, 0.29) is 5.69 Å². The second kappa shape index (κ2) is 5.75. The quantitative estimate of drug-likeness (QED) is 0.846. The van der Waals surface area contributed by atoms with Gasteiger partial charge in [0.25, 0.3) is 0 Å². The maximum atomic E-state index is 12.5. The van der Waals surface area contributed by atoms with Gasteiger partial charge in [-0.25, -0.2) is 4.79 Å². The van der Waals surface area contributed by atoms with E-state index >= 15 is 0 Å². The number of anilines is 1. The van der Waals surface area contributed by atoms with E-state index in [2.05, 4.69) is 10.1 Å². The Balaban J connectivity index is 2.88. The van der Waals surface area contributed by atoms with Crippen LogP contribution < -0.4 is 5.32 Å². The van der Waals surface area contributed by atoms with E-state index in [0.717, 1.165) is 12.1 Å². The molecule has 18 heavy (non-hydrogen) atoms. The summed E-state index contributed by atoms with van der Waals surface area (Å²) in [5.74, 6) is -0.505. The first kappa shape index (κ1) is 14.3. The molecule has 0 saturated carbocycles. The van der Waals surface area contributed by atoms with Crippen LogP contribution in [0.2, 0.25) is 0 Å². The highest BCUT2D eigenvalue weighted by molar-refractivity contribution is 5.79. The number of hydrogen-bond acceptors (Lipinski definition) is 3. The summed E-state index contributed by atoms with van der Waals surface area (Å²) in [7, 11) is 1.23. The zero-order valence-electron chi connectivity index (χ0n) is 10.0. The zero-order chi connectivity index (χ0) is 13.8. The van der Waals surface area contributed by atoms with Gasteiger partial charge < -0.3 is 10.1 Å². The maximum Gasteiger partial charge on any atom is 0.416 e. The number of benzene rings is 1. The number of nitrogens with one attached hydrogen (secondary N) is 1. The molecule has 0 aromatic heterocycles. The van der Waals surface area contributed by atoms with Crippen molar-refractivity contribution in [3.63, 3.8) is 0 Å². The predicted molar refractivity (Wildman–Crippen MR) is 61.2 cm³/mol. The van der Waals surface area contributed by atoms with Crippen molar-refractivity contribution in [3.05, 3.63) is 29.8 Å². The summed E-state index contributed by atoms with van der Waals surface area (Å²) in [6.07, 6.45) is -3.98. The highest BCUT2D eigenvalue weighted by atomic mass is 19.4. The molecule has 1 unspecified atom stereocenters. The molecule has 0 aliphatic heterocycles. The van der Waals surface area contributed by atoms with Crippen molar-refractivity contribution in [1.29, 1.82) is 0 Å². The fraction of sp³-hybridized carbons (Fsp3) is 0.417. The smallest absolute Gasteiger partial charge is 0.416 e. The molecule has 1 aromatic rings. The van der Waals surface area contributed by atoms with Crippen molar-refractivity contribution in [1.82, 2.24) is 0 Å². The largest absolute Gasteiger partial charge is 0.467 e. The molecule has 0 radical (unpaired) electrons. The average molecular weight is 261 g/mol. The Labute approximate surface area is 103 Å². The Morgan fingerprint density at radius 1 is 1.44 bits per heavy atom. The molecule has 0 saturated heterocycles. The van der Waals surface area contributed by atoms with Crippen LogP contribution in [0.4, 0.5) is 18.9 Å². The average Bonchev–Trinajstić information content (AvgIpc) is 2.34. The number of ether oxygens (including phenoxy) is 1.